The predicted octanol–water partition coefficient (Wildman–Crippen LogP) is 3.67. The Morgan fingerprint density at radius 1 is 1.11 bits per heavy atom. The average Bonchev–Trinajstić information content (AvgIpc) is 3.05. The highest BCUT2D eigenvalue weighted by molar-refractivity contribution is 7.09. The van der Waals surface area contributed by atoms with Crippen LogP contribution in [0.4, 0.5) is 10.5 Å². The predicted molar refractivity (Wildman–Crippen MR) is 111 cm³/mol. The number of carbonyl (C=O) groups is 2. The second-order valence-corrected chi connectivity index (χ2v) is 7.90. The molecular formula is C20H28N4O2S. The molecule has 2 rings (SSSR count). The molecule has 0 aliphatic rings. The van der Waals surface area contributed by atoms with Crippen molar-refractivity contribution in [3.8, 4) is 0 Å². The second kappa shape index (κ2) is 9.50. The Hall–Kier alpha value is -2.41. The average molecular weight is 389 g/mol. The third kappa shape index (κ3) is 6.36. The van der Waals surface area contributed by atoms with Gasteiger partial charge in [-0.25, -0.2) is 9.78 Å². The number of anilines is 1. The zero-order valence-corrected chi connectivity index (χ0v) is 17.4. The molecule has 3 N–H and O–H groups in total. The summed E-state index contributed by atoms with van der Waals surface area (Å²) >= 11 is 1.64. The van der Waals surface area contributed by atoms with Crippen molar-refractivity contribution in [1.29, 1.82) is 0 Å². The van der Waals surface area contributed by atoms with Gasteiger partial charge >= 0.3 is 6.03 Å². The SMILES string of the molecule is Cc1cc(C)c(NC(=O)CNC(=O)NCCc2csc(C(C)C)n2)c(C)c1. The molecule has 0 fully saturated rings. The largest absolute Gasteiger partial charge is 0.338 e. The molecule has 6 nitrogen and oxygen atoms in total. The summed E-state index contributed by atoms with van der Waals surface area (Å²) in [7, 11) is 0. The van der Waals surface area contributed by atoms with Crippen LogP contribution in [-0.2, 0) is 11.2 Å². The van der Waals surface area contributed by atoms with Gasteiger partial charge in [-0.15, -0.1) is 11.3 Å². The molecule has 146 valence electrons. The van der Waals surface area contributed by atoms with Gasteiger partial charge in [0.05, 0.1) is 17.2 Å². The van der Waals surface area contributed by atoms with Crippen molar-refractivity contribution < 1.29 is 9.59 Å². The van der Waals surface area contributed by atoms with Crippen LogP contribution < -0.4 is 16.0 Å². The zero-order valence-electron chi connectivity index (χ0n) is 16.6. The topological polar surface area (TPSA) is 83.1 Å². The lowest BCUT2D eigenvalue weighted by Gasteiger charge is -2.13. The molecule has 0 atom stereocenters. The van der Waals surface area contributed by atoms with Crippen molar-refractivity contribution in [2.45, 2.75) is 47.0 Å². The number of nitrogens with zero attached hydrogens (tertiary/aromatic N) is 1. The summed E-state index contributed by atoms with van der Waals surface area (Å²) < 4.78 is 0. The molecule has 27 heavy (non-hydrogen) atoms. The Labute approximate surface area is 164 Å². The van der Waals surface area contributed by atoms with Gasteiger partial charge in [-0.05, 0) is 31.9 Å². The van der Waals surface area contributed by atoms with E-state index in [1.54, 1.807) is 11.3 Å². The number of nitrogens with one attached hydrogen (secondary N) is 3. The number of hydrogen-bond acceptors (Lipinski definition) is 4. The fraction of sp³-hybridized carbons (Fsp3) is 0.450. The van der Waals surface area contributed by atoms with Crippen molar-refractivity contribution in [1.82, 2.24) is 15.6 Å². The Morgan fingerprint density at radius 2 is 1.78 bits per heavy atom. The number of hydrogen-bond donors (Lipinski definition) is 3. The molecule has 0 aliphatic heterocycles. The fourth-order valence-corrected chi connectivity index (χ4v) is 3.66. The normalized spacial score (nSPS) is 10.7. The number of carbonyl (C=O) groups excluding carboxylic acids is 2. The van der Waals surface area contributed by atoms with Crippen LogP contribution in [0.5, 0.6) is 0 Å². The lowest BCUT2D eigenvalue weighted by molar-refractivity contribution is -0.115. The molecule has 0 radical (unpaired) electrons. The lowest BCUT2D eigenvalue weighted by Crippen LogP contribution is -2.40. The van der Waals surface area contributed by atoms with Crippen molar-refractivity contribution in [2.24, 2.45) is 0 Å². The molecule has 2 aromatic rings. The molecule has 0 aliphatic carbocycles. The molecule has 1 heterocycles. The lowest BCUT2D eigenvalue weighted by atomic mass is 10.1. The molecule has 0 saturated carbocycles. The van der Waals surface area contributed by atoms with Crippen LogP contribution >= 0.6 is 11.3 Å². The Kier molecular flexibility index (Phi) is 7.36. The second-order valence-electron chi connectivity index (χ2n) is 7.01. The minimum atomic E-state index is -0.359. The Morgan fingerprint density at radius 3 is 2.37 bits per heavy atom. The van der Waals surface area contributed by atoms with Crippen LogP contribution in [0.3, 0.4) is 0 Å². The van der Waals surface area contributed by atoms with E-state index in [2.05, 4.69) is 34.8 Å². The van der Waals surface area contributed by atoms with E-state index in [0.717, 1.165) is 33.1 Å². The maximum atomic E-state index is 12.1. The number of thiazole rings is 1. The van der Waals surface area contributed by atoms with Gasteiger partial charge in [-0.3, -0.25) is 4.79 Å². The maximum Gasteiger partial charge on any atom is 0.315 e. The van der Waals surface area contributed by atoms with E-state index >= 15 is 0 Å². The van der Waals surface area contributed by atoms with Crippen molar-refractivity contribution in [3.63, 3.8) is 0 Å². The summed E-state index contributed by atoms with van der Waals surface area (Å²) in [5.41, 5.74) is 4.95. The summed E-state index contributed by atoms with van der Waals surface area (Å²) in [5.74, 6) is 0.167. The van der Waals surface area contributed by atoms with Crippen LogP contribution in [-0.4, -0.2) is 30.0 Å². The summed E-state index contributed by atoms with van der Waals surface area (Å²) in [6.07, 6.45) is 0.671. The van der Waals surface area contributed by atoms with Gasteiger partial charge in [-0.1, -0.05) is 31.5 Å². The van der Waals surface area contributed by atoms with E-state index < -0.39 is 0 Å². The Balaban J connectivity index is 1.72. The molecule has 1 aromatic heterocycles. The molecule has 0 unspecified atom stereocenters. The molecular weight excluding hydrogens is 360 g/mol. The Bertz CT molecular complexity index is 791. The number of rotatable bonds is 7. The van der Waals surface area contributed by atoms with Crippen molar-refractivity contribution >= 4 is 29.0 Å². The minimum Gasteiger partial charge on any atom is -0.338 e. The van der Waals surface area contributed by atoms with E-state index in [4.69, 9.17) is 0 Å². The number of amides is 3. The zero-order chi connectivity index (χ0) is 20.0. The van der Waals surface area contributed by atoms with E-state index in [1.165, 1.54) is 0 Å². The standard InChI is InChI=1S/C20H28N4O2S/c1-12(2)19-23-16(11-27-19)6-7-21-20(26)22-10-17(25)24-18-14(4)8-13(3)9-15(18)5/h8-9,11-12H,6-7,10H2,1-5H3,(H,24,25)(H2,21,22,26). The highest BCUT2D eigenvalue weighted by Crippen LogP contribution is 2.21. The van der Waals surface area contributed by atoms with Gasteiger partial charge in [0.25, 0.3) is 0 Å². The monoisotopic (exact) mass is 388 g/mol. The van der Waals surface area contributed by atoms with Crippen LogP contribution in [0.1, 0.15) is 47.2 Å². The number of urea groups is 1. The van der Waals surface area contributed by atoms with Gasteiger partial charge in [-0.2, -0.15) is 0 Å². The van der Waals surface area contributed by atoms with Gasteiger partial charge in [0, 0.05) is 30.0 Å². The summed E-state index contributed by atoms with van der Waals surface area (Å²) in [6.45, 7) is 10.6. The van der Waals surface area contributed by atoms with E-state index in [9.17, 15) is 9.59 Å². The van der Waals surface area contributed by atoms with Gasteiger partial charge in [0.15, 0.2) is 0 Å². The van der Waals surface area contributed by atoms with Crippen LogP contribution in [0.25, 0.3) is 0 Å². The number of aryl methyl sites for hydroxylation is 3. The summed E-state index contributed by atoms with van der Waals surface area (Å²) in [4.78, 5) is 28.5. The molecule has 7 heteroatoms. The van der Waals surface area contributed by atoms with Crippen LogP contribution in [0.2, 0.25) is 0 Å². The van der Waals surface area contributed by atoms with Crippen LogP contribution in [0.15, 0.2) is 17.5 Å². The quantitative estimate of drug-likeness (QED) is 0.677. The molecule has 3 amide bonds. The summed E-state index contributed by atoms with van der Waals surface area (Å²) in [6, 6.07) is 3.68. The fourth-order valence-electron chi connectivity index (χ4n) is 2.79. The third-order valence-electron chi connectivity index (χ3n) is 4.08. The smallest absolute Gasteiger partial charge is 0.315 e. The van der Waals surface area contributed by atoms with Crippen molar-refractivity contribution in [2.75, 3.05) is 18.4 Å². The highest BCUT2D eigenvalue weighted by atomic mass is 32.1. The molecule has 0 saturated heterocycles. The first-order chi connectivity index (χ1) is 12.8. The molecule has 1 aromatic carbocycles. The van der Waals surface area contributed by atoms with Crippen LogP contribution in [0, 0.1) is 20.8 Å². The number of aromatic nitrogens is 1. The first kappa shape index (κ1) is 20.9. The van der Waals surface area contributed by atoms with E-state index in [1.807, 2.05) is 38.3 Å². The first-order valence-corrected chi connectivity index (χ1v) is 9.98. The highest BCUT2D eigenvalue weighted by Gasteiger charge is 2.10. The van der Waals surface area contributed by atoms with E-state index in [-0.39, 0.29) is 18.5 Å². The van der Waals surface area contributed by atoms with Crippen molar-refractivity contribution in [3.05, 3.63) is 44.9 Å². The first-order valence-electron chi connectivity index (χ1n) is 9.10. The van der Waals surface area contributed by atoms with Gasteiger partial charge < -0.3 is 16.0 Å². The van der Waals surface area contributed by atoms with Gasteiger partial charge in [0.1, 0.15) is 0 Å². The summed E-state index contributed by atoms with van der Waals surface area (Å²) in [5, 5.41) is 11.3. The minimum absolute atomic E-state index is 0.0766. The van der Waals surface area contributed by atoms with E-state index in [0.29, 0.717) is 18.9 Å². The van der Waals surface area contributed by atoms with Gasteiger partial charge in [0.2, 0.25) is 5.91 Å². The third-order valence-corrected chi connectivity index (χ3v) is 5.28. The molecule has 0 bridgehead atoms. The maximum absolute atomic E-state index is 12.1. The molecule has 0 spiro atoms. The number of benzene rings is 1.